The quantitative estimate of drug-likeness (QED) is 0.601. The van der Waals surface area contributed by atoms with Crippen LogP contribution in [0.3, 0.4) is 0 Å². The molecule has 0 saturated heterocycles. The van der Waals surface area contributed by atoms with Gasteiger partial charge in [0.2, 0.25) is 0 Å². The Bertz CT molecular complexity index is 414. The number of aromatic hydroxyl groups is 1. The zero-order chi connectivity index (χ0) is 10.8. The number of rotatable bonds is 1. The first-order valence-corrected chi connectivity index (χ1v) is 5.58. The van der Waals surface area contributed by atoms with Crippen molar-refractivity contribution < 1.29 is 37.8 Å². The van der Waals surface area contributed by atoms with Crippen LogP contribution in [0.4, 0.5) is 0 Å². The summed E-state index contributed by atoms with van der Waals surface area (Å²) in [7, 11) is 0. The predicted octanol–water partition coefficient (Wildman–Crippen LogP) is 2.80. The fourth-order valence-electron chi connectivity index (χ4n) is 1.40. The summed E-state index contributed by atoms with van der Waals surface area (Å²) < 4.78 is 0. The van der Waals surface area contributed by atoms with Crippen LogP contribution in [0, 0.1) is 6.08 Å². The molecule has 16 heavy (non-hydrogen) atoms. The third-order valence-electron chi connectivity index (χ3n) is 2.28. The number of halogens is 1. The Morgan fingerprint density at radius 1 is 1.38 bits per heavy atom. The number of alkyl halides is 1. The first-order chi connectivity index (χ1) is 7.16. The Kier molecular flexibility index (Phi) is 5.22. The minimum absolute atomic E-state index is 0. The molecule has 0 amide bonds. The van der Waals surface area contributed by atoms with Crippen LogP contribution >= 0.6 is 15.9 Å². The van der Waals surface area contributed by atoms with Crippen LogP contribution in [0.5, 0.6) is 5.75 Å². The van der Waals surface area contributed by atoms with Crippen molar-refractivity contribution in [1.29, 1.82) is 0 Å². The molecule has 0 saturated carbocycles. The van der Waals surface area contributed by atoms with Gasteiger partial charge in [-0.15, -0.1) is 17.8 Å². The van der Waals surface area contributed by atoms with E-state index in [4.69, 9.17) is 0 Å². The molecule has 4 heteroatoms. The third kappa shape index (κ3) is 3.19. The monoisotopic (exact) mass is 353 g/mol. The van der Waals surface area contributed by atoms with Crippen molar-refractivity contribution in [2.24, 2.45) is 0 Å². The summed E-state index contributed by atoms with van der Waals surface area (Å²) in [5.41, 5.74) is 2.88. The molecule has 1 aromatic carbocycles. The van der Waals surface area contributed by atoms with Crippen LogP contribution in [0.15, 0.2) is 36.5 Å². The fourth-order valence-corrected chi connectivity index (χ4v) is 1.68. The normalized spacial score (nSPS) is 19.4. The third-order valence-corrected chi connectivity index (χ3v) is 3.15. The molecule has 1 aliphatic rings. The van der Waals surface area contributed by atoms with Gasteiger partial charge in [-0.3, -0.25) is 0 Å². The summed E-state index contributed by atoms with van der Waals surface area (Å²) in [6.45, 7) is 3.92. The first-order valence-electron chi connectivity index (χ1n) is 4.67. The van der Waals surface area contributed by atoms with Gasteiger partial charge in [0.15, 0.2) is 0 Å². The molecule has 2 N–H and O–H groups in total. The van der Waals surface area contributed by atoms with Crippen molar-refractivity contribution in [3.05, 3.63) is 48.2 Å². The SMILES string of the molecule is C=C1NC(c2ccc(O)cc2)=[C-]CC1Br.[Y]. The Hall–Kier alpha value is -0.116. The van der Waals surface area contributed by atoms with Crippen molar-refractivity contribution >= 4 is 21.6 Å². The molecule has 0 spiro atoms. The van der Waals surface area contributed by atoms with E-state index in [-0.39, 0.29) is 43.3 Å². The summed E-state index contributed by atoms with van der Waals surface area (Å²) in [5, 5.41) is 12.4. The van der Waals surface area contributed by atoms with E-state index in [0.717, 1.165) is 23.4 Å². The maximum atomic E-state index is 9.17. The first kappa shape index (κ1) is 13.9. The van der Waals surface area contributed by atoms with E-state index < -0.39 is 0 Å². The zero-order valence-electron chi connectivity index (χ0n) is 8.70. The van der Waals surface area contributed by atoms with E-state index in [1.54, 1.807) is 12.1 Å². The maximum Gasteiger partial charge on any atom is 0.112 e. The van der Waals surface area contributed by atoms with Gasteiger partial charge >= 0.3 is 0 Å². The molecular weight excluding hydrogens is 343 g/mol. The van der Waals surface area contributed by atoms with E-state index in [9.17, 15) is 5.11 Å². The molecule has 2 nitrogen and oxygen atoms in total. The van der Waals surface area contributed by atoms with Gasteiger partial charge in [-0.05, 0) is 12.1 Å². The standard InChI is InChI=1S/C12H11BrNO.Y/c1-8-11(13)6-7-12(14-8)9-2-4-10(15)5-3-9;/h2-5,11,14-15H,1,6H2;/q-1;. The average molecular weight is 354 g/mol. The molecule has 81 valence electrons. The van der Waals surface area contributed by atoms with Crippen LogP contribution in [0.25, 0.3) is 5.70 Å². The minimum Gasteiger partial charge on any atom is -0.508 e. The van der Waals surface area contributed by atoms with Crippen molar-refractivity contribution in [1.82, 2.24) is 5.32 Å². The number of nitrogens with one attached hydrogen (secondary N) is 1. The second-order valence-corrected chi connectivity index (χ2v) is 4.53. The molecule has 1 unspecified atom stereocenters. The zero-order valence-corrected chi connectivity index (χ0v) is 13.1. The van der Waals surface area contributed by atoms with Gasteiger partial charge in [0.05, 0.1) is 0 Å². The van der Waals surface area contributed by atoms with Crippen LogP contribution in [0.2, 0.25) is 0 Å². The van der Waals surface area contributed by atoms with Crippen LogP contribution in [-0.4, -0.2) is 9.93 Å². The van der Waals surface area contributed by atoms with Crippen LogP contribution in [0.1, 0.15) is 12.0 Å². The van der Waals surface area contributed by atoms with Gasteiger partial charge in [-0.2, -0.15) is 5.56 Å². The summed E-state index contributed by atoms with van der Waals surface area (Å²) in [4.78, 5) is 0.248. The average Bonchev–Trinajstić information content (AvgIpc) is 2.23. The van der Waals surface area contributed by atoms with Gasteiger partial charge < -0.3 is 10.4 Å². The summed E-state index contributed by atoms with van der Waals surface area (Å²) in [6, 6.07) is 7.03. The summed E-state index contributed by atoms with van der Waals surface area (Å²) in [5.74, 6) is 0.271. The molecule has 1 radical (unpaired) electrons. The van der Waals surface area contributed by atoms with E-state index >= 15 is 0 Å². The number of phenolic OH excluding ortho intramolecular Hbond substituents is 1. The van der Waals surface area contributed by atoms with Crippen molar-refractivity contribution in [3.8, 4) is 5.75 Å². The summed E-state index contributed by atoms with van der Waals surface area (Å²) in [6.07, 6.45) is 4.06. The Morgan fingerprint density at radius 2 is 2.00 bits per heavy atom. The molecule has 1 atom stereocenters. The molecule has 0 aliphatic carbocycles. The topological polar surface area (TPSA) is 32.3 Å². The molecule has 0 aromatic heterocycles. The largest absolute Gasteiger partial charge is 0.508 e. The van der Waals surface area contributed by atoms with E-state index in [1.807, 2.05) is 12.1 Å². The van der Waals surface area contributed by atoms with Gasteiger partial charge in [-0.1, -0.05) is 28.9 Å². The molecule has 1 aromatic rings. The van der Waals surface area contributed by atoms with Gasteiger partial charge in [0.25, 0.3) is 0 Å². The van der Waals surface area contributed by atoms with Gasteiger partial charge in [0.1, 0.15) is 5.75 Å². The Morgan fingerprint density at radius 3 is 2.56 bits per heavy atom. The second kappa shape index (κ2) is 5.99. The minimum atomic E-state index is 0. The van der Waals surface area contributed by atoms with E-state index in [0.29, 0.717) is 0 Å². The summed E-state index contributed by atoms with van der Waals surface area (Å²) >= 11 is 3.49. The van der Waals surface area contributed by atoms with Crippen molar-refractivity contribution in [2.45, 2.75) is 11.2 Å². The van der Waals surface area contributed by atoms with Gasteiger partial charge in [0, 0.05) is 43.2 Å². The number of hydrogen-bond donors (Lipinski definition) is 2. The second-order valence-electron chi connectivity index (χ2n) is 3.42. The molecular formula is C12H11BrNOY-. The van der Waals surface area contributed by atoms with Crippen LogP contribution < -0.4 is 5.32 Å². The fraction of sp³-hybridized carbons (Fsp3) is 0.167. The maximum absolute atomic E-state index is 9.17. The molecule has 1 heterocycles. The van der Waals surface area contributed by atoms with E-state index in [1.165, 1.54) is 0 Å². The number of benzene rings is 1. The molecule has 0 fully saturated rings. The molecule has 1 aliphatic heterocycles. The smallest absolute Gasteiger partial charge is 0.112 e. The van der Waals surface area contributed by atoms with E-state index in [2.05, 4.69) is 33.9 Å². The van der Waals surface area contributed by atoms with Crippen molar-refractivity contribution in [2.75, 3.05) is 0 Å². The molecule has 0 bridgehead atoms. The Balaban J connectivity index is 0.00000128. The number of phenols is 1. The van der Waals surface area contributed by atoms with Gasteiger partial charge in [-0.25, -0.2) is 6.08 Å². The van der Waals surface area contributed by atoms with Crippen molar-refractivity contribution in [3.63, 3.8) is 0 Å². The van der Waals surface area contributed by atoms with Crippen LogP contribution in [-0.2, 0) is 32.7 Å². The number of allylic oxidation sites excluding steroid dienone is 2. The number of hydrogen-bond acceptors (Lipinski definition) is 2. The predicted molar refractivity (Wildman–Crippen MR) is 64.4 cm³/mol. The molecule has 2 rings (SSSR count). The Labute approximate surface area is 129 Å².